The van der Waals surface area contributed by atoms with Crippen molar-refractivity contribution in [2.75, 3.05) is 5.75 Å². The molecule has 31 heavy (non-hydrogen) atoms. The van der Waals surface area contributed by atoms with Crippen molar-refractivity contribution >= 4 is 30.0 Å². The average Bonchev–Trinajstić information content (AvgIpc) is 2.77. The number of imide groups is 1. The Labute approximate surface area is 188 Å². The van der Waals surface area contributed by atoms with Crippen molar-refractivity contribution < 1.29 is 19.1 Å². The molecule has 0 saturated carbocycles. The second kappa shape index (κ2) is 12.9. The maximum atomic E-state index is 13.0. The first kappa shape index (κ1) is 24.6. The van der Waals surface area contributed by atoms with Crippen LogP contribution in [0, 0.1) is 5.92 Å². The highest BCUT2D eigenvalue weighted by Gasteiger charge is 2.34. The third-order valence-electron chi connectivity index (χ3n) is 4.60. The number of carbonyl (C=O) groups is 3. The molecule has 0 aliphatic rings. The van der Waals surface area contributed by atoms with Crippen LogP contribution in [-0.2, 0) is 20.9 Å². The van der Waals surface area contributed by atoms with Crippen LogP contribution < -0.4 is 5.73 Å². The minimum absolute atomic E-state index is 0.00716. The van der Waals surface area contributed by atoms with Crippen LogP contribution in [0.25, 0.3) is 0 Å². The molecule has 166 valence electrons. The lowest BCUT2D eigenvalue weighted by Crippen LogP contribution is -2.52. The molecule has 0 bridgehead atoms. The van der Waals surface area contributed by atoms with E-state index in [1.165, 1.54) is 0 Å². The van der Waals surface area contributed by atoms with Crippen LogP contribution in [0.15, 0.2) is 65.6 Å². The van der Waals surface area contributed by atoms with Crippen molar-refractivity contribution in [2.45, 2.75) is 50.3 Å². The van der Waals surface area contributed by atoms with Gasteiger partial charge < -0.3 is 15.3 Å². The molecule has 0 spiro atoms. The molecule has 0 fully saturated rings. The number of amides is 2. The number of aldehydes is 1. The number of ether oxygens (including phenoxy) is 1. The van der Waals surface area contributed by atoms with Crippen molar-refractivity contribution in [3.63, 3.8) is 0 Å². The lowest BCUT2D eigenvalue weighted by molar-refractivity contribution is -0.136. The van der Waals surface area contributed by atoms with E-state index in [1.807, 2.05) is 74.5 Å². The topological polar surface area (TPSA) is 89.7 Å². The molecule has 2 atom stereocenters. The summed E-state index contributed by atoms with van der Waals surface area (Å²) in [6.45, 7) is 3.89. The summed E-state index contributed by atoms with van der Waals surface area (Å²) in [5.41, 5.74) is 6.85. The predicted octanol–water partition coefficient (Wildman–Crippen LogP) is 4.28. The molecule has 0 aliphatic heterocycles. The van der Waals surface area contributed by atoms with Gasteiger partial charge >= 0.3 is 6.09 Å². The van der Waals surface area contributed by atoms with Gasteiger partial charge in [-0.15, -0.1) is 11.8 Å². The van der Waals surface area contributed by atoms with E-state index in [1.54, 1.807) is 11.8 Å². The predicted molar refractivity (Wildman–Crippen MR) is 123 cm³/mol. The maximum absolute atomic E-state index is 13.0. The normalized spacial score (nSPS) is 12.8. The van der Waals surface area contributed by atoms with Gasteiger partial charge in [-0.2, -0.15) is 0 Å². The molecule has 2 amide bonds. The standard InChI is InChI=1S/C24H30N2O4S/c1-18(2)15-22(25)23(28)26(24(29)30-17-19-9-5-3-6-10-19)20(16-27)13-14-31-21-11-7-4-8-12-21/h3-12,16,18,20,22H,13-15,17,25H2,1-2H3/t20?,22-/m0/s1. The fourth-order valence-corrected chi connectivity index (χ4v) is 3.98. The zero-order valence-electron chi connectivity index (χ0n) is 18.0. The van der Waals surface area contributed by atoms with E-state index in [0.29, 0.717) is 24.9 Å². The third kappa shape index (κ3) is 8.19. The summed E-state index contributed by atoms with van der Waals surface area (Å²) in [6.07, 6.45) is 0.486. The van der Waals surface area contributed by atoms with Gasteiger partial charge in [0.15, 0.2) is 0 Å². The Morgan fingerprint density at radius 3 is 2.26 bits per heavy atom. The quantitative estimate of drug-likeness (QED) is 0.413. The first-order valence-electron chi connectivity index (χ1n) is 10.3. The molecular weight excluding hydrogens is 412 g/mol. The minimum Gasteiger partial charge on any atom is -0.444 e. The van der Waals surface area contributed by atoms with Gasteiger partial charge in [0, 0.05) is 10.6 Å². The number of nitrogens with two attached hydrogens (primary N) is 1. The van der Waals surface area contributed by atoms with E-state index in [9.17, 15) is 14.4 Å². The van der Waals surface area contributed by atoms with Crippen molar-refractivity contribution in [1.29, 1.82) is 0 Å². The van der Waals surface area contributed by atoms with Crippen LogP contribution in [0.4, 0.5) is 4.79 Å². The summed E-state index contributed by atoms with van der Waals surface area (Å²) in [5, 5.41) is 0. The molecular formula is C24H30N2O4S. The summed E-state index contributed by atoms with van der Waals surface area (Å²) in [4.78, 5) is 39.7. The van der Waals surface area contributed by atoms with Gasteiger partial charge in [0.1, 0.15) is 12.9 Å². The largest absolute Gasteiger partial charge is 0.444 e. The summed E-state index contributed by atoms with van der Waals surface area (Å²) in [7, 11) is 0. The lowest BCUT2D eigenvalue weighted by atomic mass is 10.0. The molecule has 2 rings (SSSR count). The Bertz CT molecular complexity index is 830. The number of benzene rings is 2. The van der Waals surface area contributed by atoms with Gasteiger partial charge in [0.2, 0.25) is 5.91 Å². The van der Waals surface area contributed by atoms with Crippen molar-refractivity contribution in [2.24, 2.45) is 11.7 Å². The average molecular weight is 443 g/mol. The number of nitrogens with zero attached hydrogens (tertiary/aromatic N) is 1. The van der Waals surface area contributed by atoms with E-state index >= 15 is 0 Å². The van der Waals surface area contributed by atoms with E-state index < -0.39 is 24.1 Å². The first-order chi connectivity index (χ1) is 14.9. The monoisotopic (exact) mass is 442 g/mol. The van der Waals surface area contributed by atoms with Gasteiger partial charge in [-0.25, -0.2) is 9.69 Å². The van der Waals surface area contributed by atoms with Crippen LogP contribution in [0.3, 0.4) is 0 Å². The highest BCUT2D eigenvalue weighted by Crippen LogP contribution is 2.20. The van der Waals surface area contributed by atoms with Crippen LogP contribution >= 0.6 is 11.8 Å². The van der Waals surface area contributed by atoms with Crippen LogP contribution in [0.2, 0.25) is 0 Å². The molecule has 6 nitrogen and oxygen atoms in total. The molecule has 0 radical (unpaired) electrons. The Kier molecular flexibility index (Phi) is 10.3. The Morgan fingerprint density at radius 1 is 1.06 bits per heavy atom. The number of rotatable bonds is 11. The molecule has 2 aromatic carbocycles. The fraction of sp³-hybridized carbons (Fsp3) is 0.375. The summed E-state index contributed by atoms with van der Waals surface area (Å²) in [5.74, 6) is 0.140. The summed E-state index contributed by atoms with van der Waals surface area (Å²) in [6, 6.07) is 17.1. The highest BCUT2D eigenvalue weighted by atomic mass is 32.2. The first-order valence-corrected chi connectivity index (χ1v) is 11.3. The van der Waals surface area contributed by atoms with Gasteiger partial charge in [-0.05, 0) is 36.5 Å². The molecule has 0 saturated heterocycles. The fourth-order valence-electron chi connectivity index (χ4n) is 3.04. The molecule has 2 N–H and O–H groups in total. The maximum Gasteiger partial charge on any atom is 0.417 e. The van der Waals surface area contributed by atoms with Crippen LogP contribution in [-0.4, -0.2) is 41.0 Å². The molecule has 1 unspecified atom stereocenters. The smallest absolute Gasteiger partial charge is 0.417 e. The van der Waals surface area contributed by atoms with Crippen LogP contribution in [0.5, 0.6) is 0 Å². The van der Waals surface area contributed by atoms with Crippen molar-refractivity contribution in [3.05, 3.63) is 66.2 Å². The Hall–Kier alpha value is -2.64. The van der Waals surface area contributed by atoms with Gasteiger partial charge in [-0.1, -0.05) is 62.4 Å². The number of thioether (sulfide) groups is 1. The number of hydrogen-bond donors (Lipinski definition) is 1. The molecule has 0 aromatic heterocycles. The second-order valence-electron chi connectivity index (χ2n) is 7.64. The molecule has 0 heterocycles. The third-order valence-corrected chi connectivity index (χ3v) is 5.64. The molecule has 2 aromatic rings. The Morgan fingerprint density at radius 2 is 1.68 bits per heavy atom. The summed E-state index contributed by atoms with van der Waals surface area (Å²) < 4.78 is 5.36. The van der Waals surface area contributed by atoms with E-state index in [4.69, 9.17) is 10.5 Å². The Balaban J connectivity index is 2.10. The zero-order valence-corrected chi connectivity index (χ0v) is 18.8. The number of hydrogen-bond acceptors (Lipinski definition) is 6. The van der Waals surface area contributed by atoms with E-state index in [2.05, 4.69) is 0 Å². The van der Waals surface area contributed by atoms with E-state index in [0.717, 1.165) is 15.4 Å². The summed E-state index contributed by atoms with van der Waals surface area (Å²) >= 11 is 1.55. The highest BCUT2D eigenvalue weighted by molar-refractivity contribution is 7.99. The number of carbonyl (C=O) groups excluding carboxylic acids is 3. The van der Waals surface area contributed by atoms with Gasteiger partial charge in [0.05, 0.1) is 12.1 Å². The lowest BCUT2D eigenvalue weighted by Gasteiger charge is -2.28. The van der Waals surface area contributed by atoms with Crippen molar-refractivity contribution in [3.8, 4) is 0 Å². The minimum atomic E-state index is -0.940. The van der Waals surface area contributed by atoms with Crippen molar-refractivity contribution in [1.82, 2.24) is 4.90 Å². The molecule has 0 aliphatic carbocycles. The molecule has 7 heteroatoms. The second-order valence-corrected chi connectivity index (χ2v) is 8.81. The van der Waals surface area contributed by atoms with Gasteiger partial charge in [0.25, 0.3) is 0 Å². The van der Waals surface area contributed by atoms with Gasteiger partial charge in [-0.3, -0.25) is 4.79 Å². The SMILES string of the molecule is CC(C)C[C@H](N)C(=O)N(C(=O)OCc1ccccc1)C(C=O)CCSc1ccccc1. The van der Waals surface area contributed by atoms with E-state index in [-0.39, 0.29) is 12.5 Å². The van der Waals surface area contributed by atoms with Crippen LogP contribution in [0.1, 0.15) is 32.3 Å². The zero-order chi connectivity index (χ0) is 22.6.